The topological polar surface area (TPSA) is 49.4 Å². The van der Waals surface area contributed by atoms with E-state index in [0.29, 0.717) is 24.4 Å². The highest BCUT2D eigenvalue weighted by atomic mass is 35.5. The predicted molar refractivity (Wildman–Crippen MR) is 104 cm³/mol. The fourth-order valence-electron chi connectivity index (χ4n) is 3.44. The molecule has 0 spiro atoms. The van der Waals surface area contributed by atoms with Gasteiger partial charge in [0.1, 0.15) is 6.04 Å². The Labute approximate surface area is 159 Å². The van der Waals surface area contributed by atoms with Crippen molar-refractivity contribution in [1.29, 1.82) is 0 Å². The van der Waals surface area contributed by atoms with Crippen LogP contribution >= 0.6 is 11.6 Å². The lowest BCUT2D eigenvalue weighted by molar-refractivity contribution is -0.128. The quantitative estimate of drug-likeness (QED) is 0.866. The number of benzene rings is 2. The van der Waals surface area contributed by atoms with Crippen molar-refractivity contribution in [2.75, 3.05) is 4.90 Å². The molecule has 4 nitrogen and oxygen atoms in total. The summed E-state index contributed by atoms with van der Waals surface area (Å²) in [5.41, 5.74) is 2.83. The molecule has 26 heavy (non-hydrogen) atoms. The molecule has 1 N–H and O–H groups in total. The first-order chi connectivity index (χ1) is 12.5. The van der Waals surface area contributed by atoms with E-state index >= 15 is 0 Å². The fraction of sp³-hybridized carbons (Fsp3) is 0.333. The number of amides is 2. The van der Waals surface area contributed by atoms with Gasteiger partial charge in [-0.2, -0.15) is 0 Å². The summed E-state index contributed by atoms with van der Waals surface area (Å²) < 4.78 is 0. The molecule has 0 fully saturated rings. The molecule has 5 heteroatoms. The number of anilines is 1. The van der Waals surface area contributed by atoms with Crippen LogP contribution in [-0.2, 0) is 22.6 Å². The molecule has 3 rings (SSSR count). The smallest absolute Gasteiger partial charge is 0.243 e. The molecule has 0 saturated carbocycles. The maximum atomic E-state index is 12.9. The Bertz CT molecular complexity index is 807. The molecule has 0 bridgehead atoms. The third-order valence-electron chi connectivity index (χ3n) is 4.80. The lowest BCUT2D eigenvalue weighted by Crippen LogP contribution is -2.53. The summed E-state index contributed by atoms with van der Waals surface area (Å²) in [6.07, 6.45) is 1.19. The normalized spacial score (nSPS) is 17.6. The van der Waals surface area contributed by atoms with E-state index in [-0.39, 0.29) is 17.7 Å². The van der Waals surface area contributed by atoms with E-state index in [4.69, 9.17) is 11.6 Å². The van der Waals surface area contributed by atoms with E-state index in [9.17, 15) is 9.59 Å². The second-order valence-electron chi connectivity index (χ2n) is 6.71. The summed E-state index contributed by atoms with van der Waals surface area (Å²) in [4.78, 5) is 27.4. The van der Waals surface area contributed by atoms with Crippen LogP contribution in [0.25, 0.3) is 0 Å². The molecule has 0 aromatic heterocycles. The Morgan fingerprint density at radius 2 is 2.00 bits per heavy atom. The highest BCUT2D eigenvalue weighted by Gasteiger charge is 2.37. The molecule has 2 aromatic carbocycles. The number of hydrogen-bond donors (Lipinski definition) is 1. The van der Waals surface area contributed by atoms with Crippen LogP contribution in [0.3, 0.4) is 0 Å². The van der Waals surface area contributed by atoms with Crippen LogP contribution in [0.1, 0.15) is 31.4 Å². The van der Waals surface area contributed by atoms with Crippen LogP contribution in [-0.4, -0.2) is 17.9 Å². The Morgan fingerprint density at radius 1 is 1.27 bits per heavy atom. The van der Waals surface area contributed by atoms with Crippen molar-refractivity contribution in [3.05, 3.63) is 64.7 Å². The minimum Gasteiger partial charge on any atom is -0.350 e. The standard InChI is InChI=1S/C21H23ClN2O2/c1-3-18(20(25)23-13-15-7-5-4-6-8-15)24-19-10-9-17(22)12-16(19)11-14(2)21(24)26/h4-10,12,14,18H,3,11,13H2,1-2H3,(H,23,25)/t14-,18-/m0/s1. The summed E-state index contributed by atoms with van der Waals surface area (Å²) >= 11 is 6.12. The summed E-state index contributed by atoms with van der Waals surface area (Å²) in [6.45, 7) is 4.27. The second kappa shape index (κ2) is 7.92. The fourth-order valence-corrected chi connectivity index (χ4v) is 3.63. The van der Waals surface area contributed by atoms with Gasteiger partial charge in [0.05, 0.1) is 0 Å². The molecule has 0 saturated heterocycles. The van der Waals surface area contributed by atoms with Crippen molar-refractivity contribution in [1.82, 2.24) is 5.32 Å². The highest BCUT2D eigenvalue weighted by molar-refractivity contribution is 6.30. The first kappa shape index (κ1) is 18.5. The highest BCUT2D eigenvalue weighted by Crippen LogP contribution is 2.34. The van der Waals surface area contributed by atoms with Crippen molar-refractivity contribution >= 4 is 29.1 Å². The zero-order valence-corrected chi connectivity index (χ0v) is 15.8. The predicted octanol–water partition coefficient (Wildman–Crippen LogP) is 3.96. The molecule has 1 aliphatic rings. The van der Waals surface area contributed by atoms with Gasteiger partial charge in [0.2, 0.25) is 11.8 Å². The van der Waals surface area contributed by atoms with Crippen LogP contribution in [0.2, 0.25) is 5.02 Å². The summed E-state index contributed by atoms with van der Waals surface area (Å²) in [6, 6.07) is 14.7. The van der Waals surface area contributed by atoms with Crippen molar-refractivity contribution < 1.29 is 9.59 Å². The lowest BCUT2D eigenvalue weighted by atomic mass is 9.91. The van der Waals surface area contributed by atoms with Gasteiger partial charge in [-0.05, 0) is 42.2 Å². The van der Waals surface area contributed by atoms with Gasteiger partial charge in [0.25, 0.3) is 0 Å². The third-order valence-corrected chi connectivity index (χ3v) is 5.03. The molecule has 1 heterocycles. The van der Waals surface area contributed by atoms with E-state index < -0.39 is 6.04 Å². The molecule has 2 atom stereocenters. The number of nitrogens with zero attached hydrogens (tertiary/aromatic N) is 1. The van der Waals surface area contributed by atoms with Crippen LogP contribution < -0.4 is 10.2 Å². The molecule has 0 radical (unpaired) electrons. The van der Waals surface area contributed by atoms with Gasteiger partial charge in [0, 0.05) is 23.2 Å². The number of hydrogen-bond acceptors (Lipinski definition) is 2. The zero-order valence-electron chi connectivity index (χ0n) is 15.0. The van der Waals surface area contributed by atoms with Crippen molar-refractivity contribution in [3.63, 3.8) is 0 Å². The van der Waals surface area contributed by atoms with Gasteiger partial charge in [0.15, 0.2) is 0 Å². The van der Waals surface area contributed by atoms with Gasteiger partial charge in [-0.1, -0.05) is 55.8 Å². The Kier molecular flexibility index (Phi) is 5.62. The number of nitrogens with one attached hydrogen (secondary N) is 1. The zero-order chi connectivity index (χ0) is 18.7. The molecule has 0 unspecified atom stereocenters. The monoisotopic (exact) mass is 370 g/mol. The molecular formula is C21H23ClN2O2. The van der Waals surface area contributed by atoms with Crippen molar-refractivity contribution in [3.8, 4) is 0 Å². The van der Waals surface area contributed by atoms with Gasteiger partial charge < -0.3 is 5.32 Å². The van der Waals surface area contributed by atoms with Gasteiger partial charge in [-0.3, -0.25) is 14.5 Å². The lowest BCUT2D eigenvalue weighted by Gasteiger charge is -2.37. The minimum atomic E-state index is -0.533. The summed E-state index contributed by atoms with van der Waals surface area (Å²) in [5, 5.41) is 3.61. The van der Waals surface area contributed by atoms with Gasteiger partial charge in [-0.25, -0.2) is 0 Å². The number of carbonyl (C=O) groups is 2. The Hall–Kier alpha value is -2.33. The molecule has 136 valence electrons. The van der Waals surface area contributed by atoms with Crippen LogP contribution in [0.15, 0.2) is 48.5 Å². The molecule has 0 aliphatic carbocycles. The number of carbonyl (C=O) groups excluding carboxylic acids is 2. The Morgan fingerprint density at radius 3 is 2.69 bits per heavy atom. The van der Waals surface area contributed by atoms with E-state index in [2.05, 4.69) is 5.32 Å². The SMILES string of the molecule is CC[C@@H](C(=O)NCc1ccccc1)N1C(=O)[C@@H](C)Cc2cc(Cl)ccc21. The molecular weight excluding hydrogens is 348 g/mol. The maximum Gasteiger partial charge on any atom is 0.243 e. The first-order valence-corrected chi connectivity index (χ1v) is 9.32. The number of rotatable bonds is 5. The average Bonchev–Trinajstić information content (AvgIpc) is 2.64. The number of fused-ring (bicyclic) bond motifs is 1. The van der Waals surface area contributed by atoms with E-state index in [0.717, 1.165) is 16.8 Å². The van der Waals surface area contributed by atoms with Crippen LogP contribution in [0, 0.1) is 5.92 Å². The van der Waals surface area contributed by atoms with Crippen LogP contribution in [0.5, 0.6) is 0 Å². The molecule has 2 amide bonds. The van der Waals surface area contributed by atoms with Crippen molar-refractivity contribution in [2.45, 2.75) is 39.3 Å². The van der Waals surface area contributed by atoms with Crippen LogP contribution in [0.4, 0.5) is 5.69 Å². The molecule has 2 aromatic rings. The summed E-state index contributed by atoms with van der Waals surface area (Å²) in [7, 11) is 0. The number of halogens is 1. The maximum absolute atomic E-state index is 12.9. The minimum absolute atomic E-state index is 0.0125. The largest absolute Gasteiger partial charge is 0.350 e. The Balaban J connectivity index is 1.84. The average molecular weight is 371 g/mol. The third kappa shape index (κ3) is 3.75. The second-order valence-corrected chi connectivity index (χ2v) is 7.15. The van der Waals surface area contributed by atoms with E-state index in [1.54, 1.807) is 11.0 Å². The van der Waals surface area contributed by atoms with E-state index in [1.807, 2.05) is 56.3 Å². The van der Waals surface area contributed by atoms with Gasteiger partial charge in [-0.15, -0.1) is 0 Å². The summed E-state index contributed by atoms with van der Waals surface area (Å²) in [5.74, 6) is -0.321. The first-order valence-electron chi connectivity index (χ1n) is 8.94. The van der Waals surface area contributed by atoms with Crippen molar-refractivity contribution in [2.24, 2.45) is 5.92 Å². The van der Waals surface area contributed by atoms with E-state index in [1.165, 1.54) is 0 Å². The molecule has 1 aliphatic heterocycles. The van der Waals surface area contributed by atoms with Gasteiger partial charge >= 0.3 is 0 Å².